The molecule has 8 nitrogen and oxygen atoms in total. The molecule has 8 heteroatoms. The molecule has 1 heterocycles. The number of aryl methyl sites for hydroxylation is 2. The van der Waals surface area contributed by atoms with Crippen molar-refractivity contribution in [2.24, 2.45) is 12.0 Å². The van der Waals surface area contributed by atoms with Crippen molar-refractivity contribution in [3.63, 3.8) is 0 Å². The molecule has 0 saturated carbocycles. The van der Waals surface area contributed by atoms with Gasteiger partial charge in [-0.3, -0.25) is 0 Å². The fourth-order valence-corrected chi connectivity index (χ4v) is 2.64. The van der Waals surface area contributed by atoms with Crippen LogP contribution in [0.15, 0.2) is 29.3 Å². The maximum Gasteiger partial charge on any atom is 0.191 e. The molecule has 0 amide bonds. The van der Waals surface area contributed by atoms with E-state index in [-0.39, 0.29) is 6.10 Å². The van der Waals surface area contributed by atoms with Gasteiger partial charge in [-0.2, -0.15) is 0 Å². The average Bonchev–Trinajstić information content (AvgIpc) is 3.01. The summed E-state index contributed by atoms with van der Waals surface area (Å²) in [7, 11) is 1.95. The van der Waals surface area contributed by atoms with Crippen molar-refractivity contribution in [1.29, 1.82) is 0 Å². The van der Waals surface area contributed by atoms with E-state index >= 15 is 0 Å². The molecule has 0 radical (unpaired) electrons. The Hall–Kier alpha value is -2.61. The number of ether oxygens (including phenoxy) is 2. The molecule has 29 heavy (non-hydrogen) atoms. The van der Waals surface area contributed by atoms with Crippen LogP contribution in [0.2, 0.25) is 0 Å². The minimum Gasteiger partial charge on any atom is -0.489 e. The zero-order valence-corrected chi connectivity index (χ0v) is 18.2. The van der Waals surface area contributed by atoms with Gasteiger partial charge < -0.3 is 24.7 Å². The van der Waals surface area contributed by atoms with Crippen LogP contribution >= 0.6 is 0 Å². The van der Waals surface area contributed by atoms with Crippen LogP contribution in [-0.4, -0.2) is 53.1 Å². The molecular weight excluding hydrogens is 368 g/mol. The molecule has 0 saturated heterocycles. The van der Waals surface area contributed by atoms with Gasteiger partial charge in [0, 0.05) is 26.8 Å². The summed E-state index contributed by atoms with van der Waals surface area (Å²) in [6, 6.07) is 8.07. The molecule has 1 aromatic carbocycles. The molecule has 1 atom stereocenters. The van der Waals surface area contributed by atoms with E-state index in [4.69, 9.17) is 9.47 Å². The molecule has 2 rings (SSSR count). The lowest BCUT2D eigenvalue weighted by atomic mass is 10.2. The molecule has 0 spiro atoms. The second-order valence-corrected chi connectivity index (χ2v) is 6.99. The summed E-state index contributed by atoms with van der Waals surface area (Å²) < 4.78 is 13.3. The molecule has 2 N–H and O–H groups in total. The van der Waals surface area contributed by atoms with Crippen LogP contribution < -0.4 is 15.4 Å². The molecule has 1 aromatic heterocycles. The maximum atomic E-state index is 6.00. The lowest BCUT2D eigenvalue weighted by molar-refractivity contribution is 0.145. The Balaban J connectivity index is 1.90. The van der Waals surface area contributed by atoms with Gasteiger partial charge in [0.25, 0.3) is 0 Å². The first-order chi connectivity index (χ1) is 14.0. The van der Waals surface area contributed by atoms with Gasteiger partial charge in [0.05, 0.1) is 6.54 Å². The third kappa shape index (κ3) is 8.11. The van der Waals surface area contributed by atoms with Crippen molar-refractivity contribution in [1.82, 2.24) is 25.4 Å². The fourth-order valence-electron chi connectivity index (χ4n) is 2.64. The SMILES string of the molecule is CCOCCCNC(=NCc1nnc(C)n1C)NCC(C)Oc1cccc(C)c1. The summed E-state index contributed by atoms with van der Waals surface area (Å²) in [5, 5.41) is 15.0. The van der Waals surface area contributed by atoms with Gasteiger partial charge in [0.15, 0.2) is 11.8 Å². The van der Waals surface area contributed by atoms with Gasteiger partial charge in [-0.1, -0.05) is 12.1 Å². The van der Waals surface area contributed by atoms with Crippen molar-refractivity contribution < 1.29 is 9.47 Å². The van der Waals surface area contributed by atoms with Crippen LogP contribution in [0.3, 0.4) is 0 Å². The minimum atomic E-state index is -0.00991. The highest BCUT2D eigenvalue weighted by atomic mass is 16.5. The quantitative estimate of drug-likeness (QED) is 0.341. The average molecular weight is 403 g/mol. The smallest absolute Gasteiger partial charge is 0.191 e. The van der Waals surface area contributed by atoms with E-state index in [1.165, 1.54) is 5.56 Å². The molecule has 1 unspecified atom stereocenters. The summed E-state index contributed by atoms with van der Waals surface area (Å²) in [4.78, 5) is 4.65. The minimum absolute atomic E-state index is 0.00991. The summed E-state index contributed by atoms with van der Waals surface area (Å²) in [6.45, 7) is 11.3. The third-order valence-corrected chi connectivity index (χ3v) is 4.41. The van der Waals surface area contributed by atoms with E-state index in [2.05, 4.69) is 38.8 Å². The molecule has 2 aromatic rings. The molecule has 0 bridgehead atoms. The highest BCUT2D eigenvalue weighted by Crippen LogP contribution is 2.13. The van der Waals surface area contributed by atoms with Gasteiger partial charge >= 0.3 is 0 Å². The second kappa shape index (κ2) is 12.1. The Kier molecular flexibility index (Phi) is 9.43. The first kappa shape index (κ1) is 22.7. The van der Waals surface area contributed by atoms with E-state index in [0.29, 0.717) is 13.1 Å². The number of benzene rings is 1. The number of hydrogen-bond donors (Lipinski definition) is 2. The molecule has 0 aliphatic rings. The van der Waals surface area contributed by atoms with Gasteiger partial charge in [-0.05, 0) is 51.8 Å². The molecular formula is C21H34N6O2. The van der Waals surface area contributed by atoms with E-state index in [1.54, 1.807) is 0 Å². The Morgan fingerprint density at radius 3 is 2.76 bits per heavy atom. The Morgan fingerprint density at radius 2 is 2.07 bits per heavy atom. The van der Waals surface area contributed by atoms with Crippen LogP contribution in [0.5, 0.6) is 5.75 Å². The highest BCUT2D eigenvalue weighted by molar-refractivity contribution is 5.79. The van der Waals surface area contributed by atoms with Crippen molar-refractivity contribution in [3.8, 4) is 5.75 Å². The normalized spacial score (nSPS) is 12.7. The van der Waals surface area contributed by atoms with Gasteiger partial charge in [0.1, 0.15) is 24.2 Å². The Bertz CT molecular complexity index is 774. The highest BCUT2D eigenvalue weighted by Gasteiger charge is 2.08. The maximum absolute atomic E-state index is 6.00. The lowest BCUT2D eigenvalue weighted by Crippen LogP contribution is -2.42. The van der Waals surface area contributed by atoms with E-state index in [0.717, 1.165) is 49.5 Å². The fraction of sp³-hybridized carbons (Fsp3) is 0.571. The van der Waals surface area contributed by atoms with Crippen molar-refractivity contribution >= 4 is 5.96 Å². The summed E-state index contributed by atoms with van der Waals surface area (Å²) >= 11 is 0. The zero-order chi connectivity index (χ0) is 21.1. The first-order valence-electron chi connectivity index (χ1n) is 10.2. The number of aromatic nitrogens is 3. The molecule has 0 aliphatic carbocycles. The monoisotopic (exact) mass is 402 g/mol. The van der Waals surface area contributed by atoms with Crippen molar-refractivity contribution in [3.05, 3.63) is 41.5 Å². The molecule has 0 aliphatic heterocycles. The van der Waals surface area contributed by atoms with Gasteiger partial charge in [-0.25, -0.2) is 4.99 Å². The molecule has 0 fully saturated rings. The van der Waals surface area contributed by atoms with Crippen molar-refractivity contribution in [2.45, 2.75) is 46.8 Å². The van der Waals surface area contributed by atoms with Crippen molar-refractivity contribution in [2.75, 3.05) is 26.3 Å². The number of nitrogens with zero attached hydrogens (tertiary/aromatic N) is 4. The number of guanidine groups is 1. The van der Waals surface area contributed by atoms with E-state index in [1.807, 2.05) is 50.6 Å². The number of aliphatic imine (C=N–C) groups is 1. The van der Waals surface area contributed by atoms with Crippen LogP contribution in [0.4, 0.5) is 0 Å². The van der Waals surface area contributed by atoms with Gasteiger partial charge in [0.2, 0.25) is 0 Å². The largest absolute Gasteiger partial charge is 0.489 e. The lowest BCUT2D eigenvalue weighted by Gasteiger charge is -2.18. The zero-order valence-electron chi connectivity index (χ0n) is 18.2. The van der Waals surface area contributed by atoms with Gasteiger partial charge in [-0.15, -0.1) is 10.2 Å². The summed E-state index contributed by atoms with van der Waals surface area (Å²) in [5.74, 6) is 3.29. The van der Waals surface area contributed by atoms with Crippen LogP contribution in [0, 0.1) is 13.8 Å². The Morgan fingerprint density at radius 1 is 1.24 bits per heavy atom. The van der Waals surface area contributed by atoms with Crippen LogP contribution in [0.1, 0.15) is 37.5 Å². The number of hydrogen-bond acceptors (Lipinski definition) is 5. The first-order valence-corrected chi connectivity index (χ1v) is 10.2. The van der Waals surface area contributed by atoms with Crippen LogP contribution in [-0.2, 0) is 18.3 Å². The Labute approximate surface area is 173 Å². The second-order valence-electron chi connectivity index (χ2n) is 6.99. The number of nitrogens with one attached hydrogen (secondary N) is 2. The summed E-state index contributed by atoms with van der Waals surface area (Å²) in [5.41, 5.74) is 1.18. The van der Waals surface area contributed by atoms with E-state index in [9.17, 15) is 0 Å². The standard InChI is InChI=1S/C21H34N6O2/c1-6-28-12-8-11-22-21(24-15-20-26-25-18(4)27(20)5)23-14-17(3)29-19-10-7-9-16(2)13-19/h7,9-10,13,17H,6,8,11-12,14-15H2,1-5H3,(H2,22,23,24). The van der Waals surface area contributed by atoms with E-state index < -0.39 is 0 Å². The topological polar surface area (TPSA) is 85.6 Å². The van der Waals surface area contributed by atoms with Crippen LogP contribution in [0.25, 0.3) is 0 Å². The summed E-state index contributed by atoms with van der Waals surface area (Å²) in [6.07, 6.45) is 0.900. The predicted molar refractivity (Wildman–Crippen MR) is 115 cm³/mol. The molecule has 160 valence electrons. The third-order valence-electron chi connectivity index (χ3n) is 4.41. The number of rotatable bonds is 11. The predicted octanol–water partition coefficient (Wildman–Crippen LogP) is 2.36.